The van der Waals surface area contributed by atoms with Crippen molar-refractivity contribution in [1.29, 1.82) is 0 Å². The minimum Gasteiger partial charge on any atom is -0.327 e. The van der Waals surface area contributed by atoms with Crippen molar-refractivity contribution in [2.45, 2.75) is 44.1 Å². The average Bonchev–Trinajstić information content (AvgIpc) is 2.96. The SMILES string of the molecule is CC(N)C1(c2ccc(C(C)(F)F)cc2Cl)CC1. The van der Waals surface area contributed by atoms with E-state index >= 15 is 0 Å². The first-order valence-electron chi connectivity index (χ1n) is 5.71. The van der Waals surface area contributed by atoms with Crippen LogP contribution in [0.15, 0.2) is 18.2 Å². The van der Waals surface area contributed by atoms with E-state index in [1.54, 1.807) is 6.07 Å². The molecular formula is C13H16ClF2N. The van der Waals surface area contributed by atoms with Gasteiger partial charge in [-0.1, -0.05) is 23.7 Å². The zero-order valence-electron chi connectivity index (χ0n) is 9.93. The molecule has 0 saturated heterocycles. The van der Waals surface area contributed by atoms with Gasteiger partial charge in [0, 0.05) is 29.0 Å². The minimum atomic E-state index is -2.85. The van der Waals surface area contributed by atoms with Crippen LogP contribution in [0.3, 0.4) is 0 Å². The van der Waals surface area contributed by atoms with E-state index in [2.05, 4.69) is 0 Å². The Morgan fingerprint density at radius 2 is 2.00 bits per heavy atom. The molecule has 4 heteroatoms. The molecule has 1 aromatic rings. The first-order valence-corrected chi connectivity index (χ1v) is 6.09. The van der Waals surface area contributed by atoms with Crippen LogP contribution in [0.1, 0.15) is 37.8 Å². The van der Waals surface area contributed by atoms with Gasteiger partial charge in [-0.3, -0.25) is 0 Å². The van der Waals surface area contributed by atoms with Crippen LogP contribution in [-0.2, 0) is 11.3 Å². The Hall–Kier alpha value is -0.670. The lowest BCUT2D eigenvalue weighted by atomic mass is 9.88. The minimum absolute atomic E-state index is 0.00649. The molecule has 94 valence electrons. The molecule has 1 atom stereocenters. The van der Waals surface area contributed by atoms with Gasteiger partial charge in [0.2, 0.25) is 0 Å². The Morgan fingerprint density at radius 3 is 2.35 bits per heavy atom. The average molecular weight is 260 g/mol. The first kappa shape index (κ1) is 12.8. The molecule has 17 heavy (non-hydrogen) atoms. The summed E-state index contributed by atoms with van der Waals surface area (Å²) < 4.78 is 26.3. The third kappa shape index (κ3) is 2.18. The first-order chi connectivity index (χ1) is 7.77. The fourth-order valence-corrected chi connectivity index (χ4v) is 2.67. The van der Waals surface area contributed by atoms with Crippen LogP contribution >= 0.6 is 11.6 Å². The summed E-state index contributed by atoms with van der Waals surface area (Å²) in [4.78, 5) is 0. The Balaban J connectivity index is 2.40. The second-order valence-electron chi connectivity index (χ2n) is 5.03. The maximum absolute atomic E-state index is 13.2. The second kappa shape index (κ2) is 3.92. The van der Waals surface area contributed by atoms with Crippen LogP contribution in [0.4, 0.5) is 8.78 Å². The molecule has 0 heterocycles. The number of alkyl halides is 2. The number of nitrogens with two attached hydrogens (primary N) is 1. The van der Waals surface area contributed by atoms with E-state index in [0.717, 1.165) is 25.3 Å². The third-order valence-electron chi connectivity index (χ3n) is 3.67. The molecule has 0 radical (unpaired) electrons. The Bertz CT molecular complexity index is 434. The Labute approximate surface area is 105 Å². The summed E-state index contributed by atoms with van der Waals surface area (Å²) in [6.45, 7) is 2.81. The van der Waals surface area contributed by atoms with Gasteiger partial charge in [-0.25, -0.2) is 8.78 Å². The maximum Gasteiger partial charge on any atom is 0.270 e. The lowest BCUT2D eigenvalue weighted by Crippen LogP contribution is -2.31. The summed E-state index contributed by atoms with van der Waals surface area (Å²) in [6.07, 6.45) is 1.96. The lowest BCUT2D eigenvalue weighted by Gasteiger charge is -2.22. The maximum atomic E-state index is 13.2. The Kier molecular flexibility index (Phi) is 2.95. The molecule has 1 unspecified atom stereocenters. The largest absolute Gasteiger partial charge is 0.327 e. The molecule has 0 aliphatic heterocycles. The molecule has 1 nitrogen and oxygen atoms in total. The van der Waals surface area contributed by atoms with Gasteiger partial charge in [0.25, 0.3) is 5.92 Å². The smallest absolute Gasteiger partial charge is 0.270 e. The number of halogens is 3. The van der Waals surface area contributed by atoms with E-state index in [4.69, 9.17) is 17.3 Å². The van der Waals surface area contributed by atoms with Crippen molar-refractivity contribution in [3.05, 3.63) is 34.3 Å². The molecule has 2 N–H and O–H groups in total. The van der Waals surface area contributed by atoms with Crippen LogP contribution in [0, 0.1) is 0 Å². The zero-order valence-corrected chi connectivity index (χ0v) is 10.7. The molecule has 1 aromatic carbocycles. The van der Waals surface area contributed by atoms with E-state index < -0.39 is 5.92 Å². The summed E-state index contributed by atoms with van der Waals surface area (Å²) in [7, 11) is 0. The monoisotopic (exact) mass is 259 g/mol. The van der Waals surface area contributed by atoms with E-state index in [-0.39, 0.29) is 17.0 Å². The molecular weight excluding hydrogens is 244 g/mol. The number of hydrogen-bond donors (Lipinski definition) is 1. The topological polar surface area (TPSA) is 26.0 Å². The highest BCUT2D eigenvalue weighted by atomic mass is 35.5. The van der Waals surface area contributed by atoms with Crippen molar-refractivity contribution in [1.82, 2.24) is 0 Å². The van der Waals surface area contributed by atoms with Gasteiger partial charge in [-0.05, 0) is 31.4 Å². The van der Waals surface area contributed by atoms with Crippen molar-refractivity contribution in [3.8, 4) is 0 Å². The van der Waals surface area contributed by atoms with Crippen LogP contribution < -0.4 is 5.73 Å². The summed E-state index contributed by atoms with van der Waals surface area (Å²) in [5, 5.41) is 0.402. The summed E-state index contributed by atoms with van der Waals surface area (Å²) >= 11 is 6.12. The van der Waals surface area contributed by atoms with Crippen LogP contribution in [0.25, 0.3) is 0 Å². The predicted molar refractivity (Wildman–Crippen MR) is 65.6 cm³/mol. The lowest BCUT2D eigenvalue weighted by molar-refractivity contribution is 0.0174. The van der Waals surface area contributed by atoms with Crippen molar-refractivity contribution in [3.63, 3.8) is 0 Å². The Morgan fingerprint density at radius 1 is 1.41 bits per heavy atom. The molecule has 1 aliphatic carbocycles. The highest BCUT2D eigenvalue weighted by Crippen LogP contribution is 2.52. The van der Waals surface area contributed by atoms with Gasteiger partial charge in [0.1, 0.15) is 0 Å². The summed E-state index contributed by atoms with van der Waals surface area (Å²) in [5.74, 6) is -2.85. The van der Waals surface area contributed by atoms with Crippen LogP contribution in [-0.4, -0.2) is 6.04 Å². The van der Waals surface area contributed by atoms with Crippen molar-refractivity contribution in [2.24, 2.45) is 5.73 Å². The van der Waals surface area contributed by atoms with Crippen molar-refractivity contribution >= 4 is 11.6 Å². The van der Waals surface area contributed by atoms with Gasteiger partial charge in [-0.2, -0.15) is 0 Å². The zero-order chi connectivity index (χ0) is 12.8. The fraction of sp³-hybridized carbons (Fsp3) is 0.538. The number of benzene rings is 1. The molecule has 1 fully saturated rings. The normalized spacial score (nSPS) is 20.1. The molecule has 0 bridgehead atoms. The highest BCUT2D eigenvalue weighted by molar-refractivity contribution is 6.31. The van der Waals surface area contributed by atoms with Gasteiger partial charge in [-0.15, -0.1) is 0 Å². The van der Waals surface area contributed by atoms with Crippen molar-refractivity contribution < 1.29 is 8.78 Å². The molecule has 2 rings (SSSR count). The standard InChI is InChI=1S/C13H16ClF2N/c1-8(17)13(5-6-13)10-4-3-9(7-11(10)14)12(2,15)16/h3-4,7-8H,5-6,17H2,1-2H3. The van der Waals surface area contributed by atoms with Crippen molar-refractivity contribution in [2.75, 3.05) is 0 Å². The molecule has 0 spiro atoms. The van der Waals surface area contributed by atoms with E-state index in [1.807, 2.05) is 6.92 Å². The second-order valence-corrected chi connectivity index (χ2v) is 5.44. The molecule has 1 aliphatic rings. The number of rotatable bonds is 3. The quantitative estimate of drug-likeness (QED) is 0.877. The summed E-state index contributed by atoms with van der Waals surface area (Å²) in [5.41, 5.74) is 6.71. The van der Waals surface area contributed by atoms with E-state index in [1.165, 1.54) is 12.1 Å². The highest BCUT2D eigenvalue weighted by Gasteiger charge is 2.48. The molecule has 1 saturated carbocycles. The summed E-state index contributed by atoms with van der Waals surface area (Å²) in [6, 6.07) is 4.50. The molecule has 0 amide bonds. The van der Waals surface area contributed by atoms with Gasteiger partial charge >= 0.3 is 0 Å². The van der Waals surface area contributed by atoms with Crippen LogP contribution in [0.5, 0.6) is 0 Å². The predicted octanol–water partition coefficient (Wildman–Crippen LogP) is 3.83. The third-order valence-corrected chi connectivity index (χ3v) is 3.99. The van der Waals surface area contributed by atoms with E-state index in [0.29, 0.717) is 5.02 Å². The fourth-order valence-electron chi connectivity index (χ4n) is 2.30. The van der Waals surface area contributed by atoms with Gasteiger partial charge in [0.05, 0.1) is 0 Å². The number of hydrogen-bond acceptors (Lipinski definition) is 1. The van der Waals surface area contributed by atoms with Crippen LogP contribution in [0.2, 0.25) is 5.02 Å². The van der Waals surface area contributed by atoms with E-state index in [9.17, 15) is 8.78 Å². The van der Waals surface area contributed by atoms with Gasteiger partial charge in [0.15, 0.2) is 0 Å². The van der Waals surface area contributed by atoms with Gasteiger partial charge < -0.3 is 5.73 Å². The molecule has 0 aromatic heterocycles.